The Hall–Kier alpha value is -1.44. The second-order valence-corrected chi connectivity index (χ2v) is 5.28. The van der Waals surface area contributed by atoms with Crippen molar-refractivity contribution in [1.82, 2.24) is 4.90 Å². The second-order valence-electron chi connectivity index (χ2n) is 4.48. The van der Waals surface area contributed by atoms with Crippen LogP contribution in [0.15, 0.2) is 12.1 Å². The average Bonchev–Trinajstić information content (AvgIpc) is 2.98. The van der Waals surface area contributed by atoms with Gasteiger partial charge in [0.1, 0.15) is 11.6 Å². The molecule has 0 aliphatic carbocycles. The molecule has 0 unspecified atom stereocenters. The van der Waals surface area contributed by atoms with Gasteiger partial charge in [0.25, 0.3) is 0 Å². The molecule has 5 heteroatoms. The Labute approximate surface area is 129 Å². The summed E-state index contributed by atoms with van der Waals surface area (Å²) >= 11 is 11.8. The van der Waals surface area contributed by atoms with Gasteiger partial charge >= 0.3 is 0 Å². The van der Waals surface area contributed by atoms with Crippen molar-refractivity contribution < 1.29 is 9.47 Å². The number of benzene rings is 1. The fourth-order valence-corrected chi connectivity index (χ4v) is 2.77. The molecule has 1 aliphatic heterocycles. The summed E-state index contributed by atoms with van der Waals surface area (Å²) in [7, 11) is 1.57. The van der Waals surface area contributed by atoms with Crippen LogP contribution in [0.2, 0.25) is 5.02 Å². The zero-order valence-electron chi connectivity index (χ0n) is 11.3. The fraction of sp³-hybridized carbons (Fsp3) is 0.400. The number of likely N-dealkylation sites (tertiary alicyclic amines) is 1. The third-order valence-corrected chi connectivity index (χ3v) is 3.94. The Kier molecular flexibility index (Phi) is 5.11. The van der Waals surface area contributed by atoms with Gasteiger partial charge in [0.05, 0.1) is 12.1 Å². The van der Waals surface area contributed by atoms with Gasteiger partial charge in [-0.2, -0.15) is 0 Å². The molecule has 0 N–H and O–H groups in total. The van der Waals surface area contributed by atoms with Gasteiger partial charge in [-0.3, -0.25) is 0 Å². The lowest BCUT2D eigenvalue weighted by Crippen LogP contribution is -2.26. The molecule has 3 nitrogen and oxygen atoms in total. The van der Waals surface area contributed by atoms with Crippen molar-refractivity contribution in [2.75, 3.05) is 26.8 Å². The molecule has 1 aliphatic rings. The number of terminal acetylenes is 1. The molecule has 1 fully saturated rings. The summed E-state index contributed by atoms with van der Waals surface area (Å²) in [6.45, 7) is 2.13. The molecule has 0 radical (unpaired) electrons. The number of thiocarbonyl (C=S) groups is 1. The summed E-state index contributed by atoms with van der Waals surface area (Å²) in [6.07, 6.45) is 7.54. The Morgan fingerprint density at radius 3 is 2.75 bits per heavy atom. The zero-order chi connectivity index (χ0) is 14.5. The Bertz CT molecular complexity index is 548. The Morgan fingerprint density at radius 1 is 1.45 bits per heavy atom. The predicted molar refractivity (Wildman–Crippen MR) is 84.8 cm³/mol. The first-order valence-corrected chi connectivity index (χ1v) is 7.19. The third-order valence-electron chi connectivity index (χ3n) is 3.17. The van der Waals surface area contributed by atoms with Crippen LogP contribution in [0.25, 0.3) is 0 Å². The van der Waals surface area contributed by atoms with Crippen LogP contribution in [-0.4, -0.2) is 36.7 Å². The highest BCUT2D eigenvalue weighted by molar-refractivity contribution is 7.80. The molecular formula is C15H16ClNO2S. The van der Waals surface area contributed by atoms with Crippen LogP contribution in [0.1, 0.15) is 18.4 Å². The van der Waals surface area contributed by atoms with E-state index in [2.05, 4.69) is 10.8 Å². The van der Waals surface area contributed by atoms with Crippen LogP contribution < -0.4 is 9.47 Å². The number of hydrogen-bond donors (Lipinski definition) is 0. The molecule has 106 valence electrons. The van der Waals surface area contributed by atoms with Gasteiger partial charge < -0.3 is 14.4 Å². The van der Waals surface area contributed by atoms with E-state index < -0.39 is 0 Å². The number of ether oxygens (including phenoxy) is 2. The highest BCUT2D eigenvalue weighted by atomic mass is 35.5. The molecular weight excluding hydrogens is 294 g/mol. The van der Waals surface area contributed by atoms with E-state index in [1.54, 1.807) is 13.2 Å². The topological polar surface area (TPSA) is 21.7 Å². The number of hydrogen-bond acceptors (Lipinski definition) is 3. The normalized spacial score (nSPS) is 13.9. The maximum Gasteiger partial charge on any atom is 0.181 e. The van der Waals surface area contributed by atoms with Gasteiger partial charge in [0, 0.05) is 18.7 Å². The lowest BCUT2D eigenvalue weighted by Gasteiger charge is -2.20. The van der Waals surface area contributed by atoms with Crippen LogP contribution in [0.3, 0.4) is 0 Å². The van der Waals surface area contributed by atoms with Crippen molar-refractivity contribution in [3.05, 3.63) is 22.7 Å². The monoisotopic (exact) mass is 309 g/mol. The third kappa shape index (κ3) is 3.17. The molecule has 0 saturated carbocycles. The second kappa shape index (κ2) is 6.83. The first-order chi connectivity index (χ1) is 9.67. The van der Waals surface area contributed by atoms with E-state index in [4.69, 9.17) is 39.7 Å². The van der Waals surface area contributed by atoms with Gasteiger partial charge in [-0.1, -0.05) is 29.7 Å². The molecule has 1 aromatic rings. The largest absolute Gasteiger partial charge is 0.493 e. The van der Waals surface area contributed by atoms with E-state index in [-0.39, 0.29) is 6.61 Å². The lowest BCUT2D eigenvalue weighted by molar-refractivity contribution is 0.331. The lowest BCUT2D eigenvalue weighted by atomic mass is 10.2. The first-order valence-electron chi connectivity index (χ1n) is 6.40. The van der Waals surface area contributed by atoms with Crippen LogP contribution in [0, 0.1) is 12.3 Å². The SMILES string of the molecule is C#CCOc1c(Cl)cc(C(=S)N2CCCC2)cc1OC. The molecule has 2 rings (SSSR count). The molecule has 0 bridgehead atoms. The minimum atomic E-state index is 0.145. The molecule has 0 aromatic heterocycles. The van der Waals surface area contributed by atoms with Crippen molar-refractivity contribution >= 4 is 28.8 Å². The van der Waals surface area contributed by atoms with E-state index in [1.165, 1.54) is 12.8 Å². The van der Waals surface area contributed by atoms with Gasteiger partial charge in [-0.25, -0.2) is 0 Å². The fourth-order valence-electron chi connectivity index (χ4n) is 2.20. The Morgan fingerprint density at radius 2 is 2.15 bits per heavy atom. The van der Waals surface area contributed by atoms with E-state index in [0.717, 1.165) is 23.6 Å². The van der Waals surface area contributed by atoms with Gasteiger partial charge in [-0.15, -0.1) is 6.42 Å². The smallest absolute Gasteiger partial charge is 0.181 e. The number of rotatable bonds is 4. The molecule has 1 aromatic carbocycles. The van der Waals surface area contributed by atoms with Gasteiger partial charge in [-0.05, 0) is 25.0 Å². The van der Waals surface area contributed by atoms with E-state index in [0.29, 0.717) is 16.5 Å². The van der Waals surface area contributed by atoms with Crippen LogP contribution in [0.5, 0.6) is 11.5 Å². The minimum Gasteiger partial charge on any atom is -0.493 e. The molecule has 1 saturated heterocycles. The Balaban J connectivity index is 2.29. The molecule has 1 heterocycles. The highest BCUT2D eigenvalue weighted by Crippen LogP contribution is 2.37. The van der Waals surface area contributed by atoms with Crippen molar-refractivity contribution in [3.8, 4) is 23.8 Å². The van der Waals surface area contributed by atoms with E-state index in [9.17, 15) is 0 Å². The molecule has 0 amide bonds. The minimum absolute atomic E-state index is 0.145. The maximum absolute atomic E-state index is 6.25. The summed E-state index contributed by atoms with van der Waals surface area (Å²) in [5.41, 5.74) is 0.872. The predicted octanol–water partition coefficient (Wildman–Crippen LogP) is 3.13. The standard InChI is InChI=1S/C15H16ClNO2S/c1-3-8-19-14-12(16)9-11(10-13(14)18-2)15(20)17-6-4-5-7-17/h1,9-10H,4-8H2,2H3. The first kappa shape index (κ1) is 15.0. The molecule has 20 heavy (non-hydrogen) atoms. The van der Waals surface area contributed by atoms with Crippen molar-refractivity contribution in [3.63, 3.8) is 0 Å². The quantitative estimate of drug-likeness (QED) is 0.629. The van der Waals surface area contributed by atoms with E-state index in [1.807, 2.05) is 6.07 Å². The summed E-state index contributed by atoms with van der Waals surface area (Å²) in [5.74, 6) is 3.41. The van der Waals surface area contributed by atoms with Crippen LogP contribution in [0.4, 0.5) is 0 Å². The summed E-state index contributed by atoms with van der Waals surface area (Å²) in [5, 5.41) is 0.455. The summed E-state index contributed by atoms with van der Waals surface area (Å²) < 4.78 is 10.7. The van der Waals surface area contributed by atoms with Crippen molar-refractivity contribution in [2.24, 2.45) is 0 Å². The highest BCUT2D eigenvalue weighted by Gasteiger charge is 2.19. The summed E-state index contributed by atoms with van der Waals surface area (Å²) in [6, 6.07) is 3.65. The molecule has 0 spiro atoms. The number of halogens is 1. The van der Waals surface area contributed by atoms with E-state index >= 15 is 0 Å². The van der Waals surface area contributed by atoms with Crippen molar-refractivity contribution in [2.45, 2.75) is 12.8 Å². The maximum atomic E-state index is 6.25. The van der Waals surface area contributed by atoms with Crippen LogP contribution in [-0.2, 0) is 0 Å². The average molecular weight is 310 g/mol. The zero-order valence-corrected chi connectivity index (χ0v) is 12.9. The summed E-state index contributed by atoms with van der Waals surface area (Å²) in [4.78, 5) is 2.98. The van der Waals surface area contributed by atoms with Gasteiger partial charge in [0.15, 0.2) is 11.5 Å². The van der Waals surface area contributed by atoms with Crippen molar-refractivity contribution in [1.29, 1.82) is 0 Å². The number of nitrogens with zero attached hydrogens (tertiary/aromatic N) is 1. The van der Waals surface area contributed by atoms with Crippen LogP contribution >= 0.6 is 23.8 Å². The number of methoxy groups -OCH3 is 1. The molecule has 0 atom stereocenters. The van der Waals surface area contributed by atoms with Gasteiger partial charge in [0.2, 0.25) is 0 Å².